The lowest BCUT2D eigenvalue weighted by Crippen LogP contribution is -2.52. The normalized spacial score (nSPS) is 12.7. The summed E-state index contributed by atoms with van der Waals surface area (Å²) in [5.41, 5.74) is 9.20. The lowest BCUT2D eigenvalue weighted by molar-refractivity contribution is 0.0734. The van der Waals surface area contributed by atoms with E-state index in [1.165, 1.54) is 5.56 Å². The molecule has 0 saturated carbocycles. The molecule has 1 aromatic carbocycles. The topological polar surface area (TPSA) is 43.1 Å². The van der Waals surface area contributed by atoms with Crippen LogP contribution in [0.4, 0.5) is 0 Å². The molecule has 2 N–H and O–H groups in total. The van der Waals surface area contributed by atoms with Gasteiger partial charge < -0.3 is 5.73 Å². The fourth-order valence-corrected chi connectivity index (χ4v) is 1.83. The molecule has 0 radical (unpaired) electrons. The smallest absolute Gasteiger partial charge is 0.170 e. The molecule has 0 aliphatic heterocycles. The van der Waals surface area contributed by atoms with E-state index in [2.05, 4.69) is 13.0 Å². The molecule has 0 saturated heterocycles. The van der Waals surface area contributed by atoms with Crippen LogP contribution in [0.2, 0.25) is 0 Å². The Labute approximate surface area is 111 Å². The van der Waals surface area contributed by atoms with Crippen LogP contribution in [-0.4, -0.2) is 11.3 Å². The van der Waals surface area contributed by atoms with E-state index < -0.39 is 11.0 Å². The minimum Gasteiger partial charge on any atom is -0.325 e. The maximum atomic E-state index is 12.7. The Balaban J connectivity index is 3.32. The van der Waals surface area contributed by atoms with Crippen molar-refractivity contribution >= 4 is 5.78 Å². The number of Topliss-reactive ketones (excluding diaryl/α,β-unsaturated/α-hetero) is 1. The number of aryl methyl sites for hydroxylation is 3. The van der Waals surface area contributed by atoms with Gasteiger partial charge in [0.15, 0.2) is 5.78 Å². The van der Waals surface area contributed by atoms with Crippen LogP contribution < -0.4 is 5.73 Å². The van der Waals surface area contributed by atoms with Crippen LogP contribution >= 0.6 is 0 Å². The maximum absolute atomic E-state index is 12.7. The molecule has 0 atom stereocenters. The summed E-state index contributed by atoms with van der Waals surface area (Å²) in [7, 11) is 0. The molecule has 0 unspecified atom stereocenters. The first kappa shape index (κ1) is 14.9. The Bertz CT molecular complexity index is 479. The number of rotatable bonds is 3. The molecule has 2 nitrogen and oxygen atoms in total. The zero-order valence-electron chi connectivity index (χ0n) is 12.6. The van der Waals surface area contributed by atoms with Gasteiger partial charge >= 0.3 is 0 Å². The van der Waals surface area contributed by atoms with Crippen LogP contribution in [0.25, 0.3) is 0 Å². The summed E-state index contributed by atoms with van der Waals surface area (Å²) < 4.78 is 0. The molecule has 2 heteroatoms. The highest BCUT2D eigenvalue weighted by Crippen LogP contribution is 2.33. The molecule has 0 spiro atoms. The minimum atomic E-state index is -0.584. The van der Waals surface area contributed by atoms with Gasteiger partial charge in [-0.3, -0.25) is 4.79 Å². The highest BCUT2D eigenvalue weighted by atomic mass is 16.1. The molecule has 100 valence electrons. The highest BCUT2D eigenvalue weighted by molar-refractivity contribution is 6.02. The summed E-state index contributed by atoms with van der Waals surface area (Å²) >= 11 is 0. The van der Waals surface area contributed by atoms with E-state index in [1.54, 1.807) is 0 Å². The molecule has 1 aromatic rings. The molecule has 18 heavy (non-hydrogen) atoms. The summed E-state index contributed by atoms with van der Waals surface area (Å²) in [6.07, 6.45) is 0. The molecular formula is C16H25NO. The Morgan fingerprint density at radius 3 is 1.83 bits per heavy atom. The first-order chi connectivity index (χ1) is 7.98. The summed E-state index contributed by atoms with van der Waals surface area (Å²) in [5, 5.41) is 0. The molecule has 0 bridgehead atoms. The third kappa shape index (κ3) is 2.49. The Kier molecular flexibility index (Phi) is 3.73. The van der Waals surface area contributed by atoms with Gasteiger partial charge in [-0.15, -0.1) is 0 Å². The van der Waals surface area contributed by atoms with Gasteiger partial charge in [-0.1, -0.05) is 19.9 Å². The van der Waals surface area contributed by atoms with Gasteiger partial charge in [0.2, 0.25) is 0 Å². The van der Waals surface area contributed by atoms with Gasteiger partial charge in [-0.05, 0) is 57.4 Å². The number of carbonyl (C=O) groups excluding carboxylic acids is 1. The highest BCUT2D eigenvalue weighted by Gasteiger charge is 2.41. The second kappa shape index (κ2) is 4.51. The summed E-state index contributed by atoms with van der Waals surface area (Å²) in [6, 6.07) is 4.06. The molecule has 0 fully saturated rings. The van der Waals surface area contributed by atoms with Crippen LogP contribution in [-0.2, 0) is 0 Å². The number of carbonyl (C=O) groups is 1. The lowest BCUT2D eigenvalue weighted by Gasteiger charge is -2.37. The van der Waals surface area contributed by atoms with Crippen LogP contribution in [0, 0.1) is 26.2 Å². The van der Waals surface area contributed by atoms with Crippen LogP contribution in [0.15, 0.2) is 12.1 Å². The summed E-state index contributed by atoms with van der Waals surface area (Å²) in [5.74, 6) is 0.121. The molecule has 1 rings (SSSR count). The van der Waals surface area contributed by atoms with E-state index in [0.29, 0.717) is 0 Å². The van der Waals surface area contributed by atoms with Crippen molar-refractivity contribution in [1.82, 2.24) is 0 Å². The quantitative estimate of drug-likeness (QED) is 0.830. The number of hydrogen-bond acceptors (Lipinski definition) is 2. The van der Waals surface area contributed by atoms with E-state index in [-0.39, 0.29) is 5.78 Å². The van der Waals surface area contributed by atoms with Crippen molar-refractivity contribution in [1.29, 1.82) is 0 Å². The third-order valence-corrected chi connectivity index (χ3v) is 4.26. The Hall–Kier alpha value is -1.15. The predicted octanol–water partition coefficient (Wildman–Crippen LogP) is 3.56. The van der Waals surface area contributed by atoms with Gasteiger partial charge in [-0.25, -0.2) is 0 Å². The fourth-order valence-electron chi connectivity index (χ4n) is 1.83. The number of ketones is 1. The number of benzene rings is 1. The minimum absolute atomic E-state index is 0.121. The third-order valence-electron chi connectivity index (χ3n) is 4.26. The number of hydrogen-bond donors (Lipinski definition) is 1. The lowest BCUT2D eigenvalue weighted by atomic mass is 9.69. The van der Waals surface area contributed by atoms with Gasteiger partial charge in [0.05, 0.1) is 0 Å². The fraction of sp³-hybridized carbons (Fsp3) is 0.562. The van der Waals surface area contributed by atoms with Crippen molar-refractivity contribution in [3.8, 4) is 0 Å². The first-order valence-corrected chi connectivity index (χ1v) is 6.40. The van der Waals surface area contributed by atoms with Crippen molar-refractivity contribution in [3.05, 3.63) is 34.4 Å². The monoisotopic (exact) mass is 247 g/mol. The van der Waals surface area contributed by atoms with E-state index in [9.17, 15) is 4.79 Å². The second-order valence-electron chi connectivity index (χ2n) is 6.43. The zero-order chi connectivity index (χ0) is 14.3. The first-order valence-electron chi connectivity index (χ1n) is 6.40. The summed E-state index contributed by atoms with van der Waals surface area (Å²) in [6.45, 7) is 13.7. The molecule has 0 heterocycles. The molecule has 0 aliphatic carbocycles. The van der Waals surface area contributed by atoms with Gasteiger partial charge in [0.1, 0.15) is 0 Å². The van der Waals surface area contributed by atoms with Crippen LogP contribution in [0.5, 0.6) is 0 Å². The maximum Gasteiger partial charge on any atom is 0.170 e. The Morgan fingerprint density at radius 2 is 1.39 bits per heavy atom. The number of nitrogens with two attached hydrogens (primary N) is 1. The molecule has 0 aliphatic rings. The molecule has 0 aromatic heterocycles. The van der Waals surface area contributed by atoms with E-state index in [1.807, 2.05) is 47.6 Å². The van der Waals surface area contributed by atoms with E-state index in [0.717, 1.165) is 16.7 Å². The van der Waals surface area contributed by atoms with Crippen molar-refractivity contribution in [3.63, 3.8) is 0 Å². The van der Waals surface area contributed by atoms with E-state index >= 15 is 0 Å². The average molecular weight is 247 g/mol. The van der Waals surface area contributed by atoms with Gasteiger partial charge in [0.25, 0.3) is 0 Å². The average Bonchev–Trinajstić information content (AvgIpc) is 2.20. The predicted molar refractivity (Wildman–Crippen MR) is 77.0 cm³/mol. The van der Waals surface area contributed by atoms with Gasteiger partial charge in [0, 0.05) is 16.5 Å². The van der Waals surface area contributed by atoms with Crippen molar-refractivity contribution in [2.24, 2.45) is 11.1 Å². The largest absolute Gasteiger partial charge is 0.325 e. The van der Waals surface area contributed by atoms with Crippen LogP contribution in [0.1, 0.15) is 54.7 Å². The standard InChI is InChI=1S/C16H25NO/c1-10-8-12(3)13(9-11(10)2)14(18)15(4,5)16(6,7)17/h8-9H,17H2,1-7H3. The molecule has 0 amide bonds. The van der Waals surface area contributed by atoms with Crippen molar-refractivity contribution < 1.29 is 4.79 Å². The van der Waals surface area contributed by atoms with Gasteiger partial charge in [-0.2, -0.15) is 0 Å². The Morgan fingerprint density at radius 1 is 0.944 bits per heavy atom. The van der Waals surface area contributed by atoms with Crippen LogP contribution in [0.3, 0.4) is 0 Å². The van der Waals surface area contributed by atoms with E-state index in [4.69, 9.17) is 5.73 Å². The summed E-state index contributed by atoms with van der Waals surface area (Å²) in [4.78, 5) is 12.7. The zero-order valence-corrected chi connectivity index (χ0v) is 12.6. The molecular weight excluding hydrogens is 222 g/mol. The van der Waals surface area contributed by atoms with Crippen molar-refractivity contribution in [2.75, 3.05) is 0 Å². The SMILES string of the molecule is Cc1cc(C)c(C(=O)C(C)(C)C(C)(C)N)cc1C. The van der Waals surface area contributed by atoms with Crippen molar-refractivity contribution in [2.45, 2.75) is 54.0 Å². The second-order valence-corrected chi connectivity index (χ2v) is 6.43.